The van der Waals surface area contributed by atoms with Gasteiger partial charge in [-0.3, -0.25) is 4.79 Å². The van der Waals surface area contributed by atoms with Crippen LogP contribution in [0.15, 0.2) is 22.8 Å². The van der Waals surface area contributed by atoms with E-state index < -0.39 is 0 Å². The standard InChI is InChI=1S/C11H15BrN2O2/c1-8(2)14(6-7-15)11(16)10-9(12)4-3-5-13-10/h3-5,8,15H,6-7H2,1-2H3. The van der Waals surface area contributed by atoms with E-state index in [4.69, 9.17) is 5.11 Å². The Kier molecular flexibility index (Phi) is 4.89. The summed E-state index contributed by atoms with van der Waals surface area (Å²) in [4.78, 5) is 17.8. The van der Waals surface area contributed by atoms with Crippen molar-refractivity contribution in [2.24, 2.45) is 0 Å². The zero-order valence-corrected chi connectivity index (χ0v) is 10.9. The van der Waals surface area contributed by atoms with Crippen LogP contribution in [0.25, 0.3) is 0 Å². The van der Waals surface area contributed by atoms with Crippen LogP contribution in [-0.2, 0) is 0 Å². The molecule has 0 unspecified atom stereocenters. The normalized spacial score (nSPS) is 10.6. The van der Waals surface area contributed by atoms with Crippen LogP contribution in [0.3, 0.4) is 0 Å². The predicted molar refractivity (Wildman–Crippen MR) is 65.2 cm³/mol. The second-order valence-electron chi connectivity index (χ2n) is 3.65. The molecule has 0 aliphatic heterocycles. The number of aliphatic hydroxyl groups is 1. The maximum Gasteiger partial charge on any atom is 0.273 e. The Bertz CT molecular complexity index is 369. The third kappa shape index (κ3) is 3.02. The van der Waals surface area contributed by atoms with Crippen LogP contribution in [0, 0.1) is 0 Å². The minimum atomic E-state index is -0.170. The lowest BCUT2D eigenvalue weighted by molar-refractivity contribution is 0.0658. The van der Waals surface area contributed by atoms with Gasteiger partial charge in [-0.1, -0.05) is 0 Å². The van der Waals surface area contributed by atoms with Gasteiger partial charge in [0.1, 0.15) is 5.69 Å². The summed E-state index contributed by atoms with van der Waals surface area (Å²) in [5.41, 5.74) is 0.379. The molecule has 0 aliphatic rings. The van der Waals surface area contributed by atoms with Gasteiger partial charge in [0, 0.05) is 23.3 Å². The number of carbonyl (C=O) groups excluding carboxylic acids is 1. The fourth-order valence-corrected chi connectivity index (χ4v) is 1.81. The molecule has 1 amide bonds. The lowest BCUT2D eigenvalue weighted by Crippen LogP contribution is -2.39. The van der Waals surface area contributed by atoms with Crippen LogP contribution in [0.1, 0.15) is 24.3 Å². The molecule has 4 nitrogen and oxygen atoms in total. The van der Waals surface area contributed by atoms with Crippen LogP contribution >= 0.6 is 15.9 Å². The minimum absolute atomic E-state index is 0.0357. The number of amides is 1. The molecule has 1 heterocycles. The minimum Gasteiger partial charge on any atom is -0.395 e. The highest BCUT2D eigenvalue weighted by atomic mass is 79.9. The van der Waals surface area contributed by atoms with Crippen molar-refractivity contribution in [3.8, 4) is 0 Å². The topological polar surface area (TPSA) is 53.4 Å². The molecule has 1 aromatic heterocycles. The highest BCUT2D eigenvalue weighted by molar-refractivity contribution is 9.10. The van der Waals surface area contributed by atoms with E-state index >= 15 is 0 Å². The largest absolute Gasteiger partial charge is 0.395 e. The molecule has 0 saturated heterocycles. The molecule has 16 heavy (non-hydrogen) atoms. The molecule has 0 radical (unpaired) electrons. The summed E-state index contributed by atoms with van der Waals surface area (Å²) in [5, 5.41) is 8.92. The molecular formula is C11H15BrN2O2. The Hall–Kier alpha value is -0.940. The number of halogens is 1. The van der Waals surface area contributed by atoms with Crippen molar-refractivity contribution in [1.82, 2.24) is 9.88 Å². The van der Waals surface area contributed by atoms with Crippen LogP contribution < -0.4 is 0 Å². The predicted octanol–water partition coefficient (Wildman–Crippen LogP) is 1.69. The molecule has 5 heteroatoms. The van der Waals surface area contributed by atoms with Gasteiger partial charge in [-0.05, 0) is 41.9 Å². The van der Waals surface area contributed by atoms with Crippen molar-refractivity contribution in [3.05, 3.63) is 28.5 Å². The molecule has 0 aliphatic carbocycles. The molecule has 1 aromatic rings. The summed E-state index contributed by atoms with van der Waals surface area (Å²) in [6.07, 6.45) is 1.58. The smallest absolute Gasteiger partial charge is 0.273 e. The molecule has 0 bridgehead atoms. The quantitative estimate of drug-likeness (QED) is 0.916. The lowest BCUT2D eigenvalue weighted by atomic mass is 10.2. The fraction of sp³-hybridized carbons (Fsp3) is 0.455. The zero-order chi connectivity index (χ0) is 12.1. The third-order valence-corrected chi connectivity index (χ3v) is 2.83. The maximum atomic E-state index is 12.1. The van der Waals surface area contributed by atoms with Gasteiger partial charge in [-0.2, -0.15) is 0 Å². The average Bonchev–Trinajstić information content (AvgIpc) is 2.25. The summed E-state index contributed by atoms with van der Waals surface area (Å²) >= 11 is 3.29. The summed E-state index contributed by atoms with van der Waals surface area (Å²) in [7, 11) is 0. The maximum absolute atomic E-state index is 12.1. The molecule has 88 valence electrons. The van der Waals surface area contributed by atoms with Gasteiger partial charge in [0.05, 0.1) is 6.61 Å². The fourth-order valence-electron chi connectivity index (χ4n) is 1.38. The van der Waals surface area contributed by atoms with Gasteiger partial charge in [0.2, 0.25) is 0 Å². The number of hydrogen-bond acceptors (Lipinski definition) is 3. The Morgan fingerprint density at radius 2 is 2.31 bits per heavy atom. The first kappa shape index (κ1) is 13.1. The second kappa shape index (κ2) is 5.96. The molecule has 1 N–H and O–H groups in total. The van der Waals surface area contributed by atoms with Crippen molar-refractivity contribution in [2.75, 3.05) is 13.2 Å². The first-order valence-corrected chi connectivity index (χ1v) is 5.89. The highest BCUT2D eigenvalue weighted by Crippen LogP contribution is 2.16. The van der Waals surface area contributed by atoms with Crippen molar-refractivity contribution < 1.29 is 9.90 Å². The molecule has 0 atom stereocenters. The number of carbonyl (C=O) groups is 1. The Morgan fingerprint density at radius 3 is 2.81 bits per heavy atom. The van der Waals surface area contributed by atoms with Crippen LogP contribution in [0.2, 0.25) is 0 Å². The SMILES string of the molecule is CC(C)N(CCO)C(=O)c1ncccc1Br. The first-order valence-electron chi connectivity index (χ1n) is 5.10. The van der Waals surface area contributed by atoms with Gasteiger partial charge in [0.25, 0.3) is 5.91 Å². The number of aromatic nitrogens is 1. The van der Waals surface area contributed by atoms with Crippen molar-refractivity contribution in [2.45, 2.75) is 19.9 Å². The molecule has 0 saturated carbocycles. The number of pyridine rings is 1. The molecular weight excluding hydrogens is 272 g/mol. The van der Waals surface area contributed by atoms with E-state index in [9.17, 15) is 4.79 Å². The monoisotopic (exact) mass is 286 g/mol. The number of rotatable bonds is 4. The van der Waals surface area contributed by atoms with E-state index in [2.05, 4.69) is 20.9 Å². The Labute approximate surface area is 103 Å². The highest BCUT2D eigenvalue weighted by Gasteiger charge is 2.21. The van der Waals surface area contributed by atoms with E-state index in [-0.39, 0.29) is 18.6 Å². The number of aliphatic hydroxyl groups excluding tert-OH is 1. The number of hydrogen-bond donors (Lipinski definition) is 1. The van der Waals surface area contributed by atoms with Crippen LogP contribution in [-0.4, -0.2) is 40.1 Å². The van der Waals surface area contributed by atoms with Crippen LogP contribution in [0.5, 0.6) is 0 Å². The second-order valence-corrected chi connectivity index (χ2v) is 4.50. The first-order chi connectivity index (χ1) is 7.57. The molecule has 1 rings (SSSR count). The Morgan fingerprint density at radius 1 is 1.62 bits per heavy atom. The molecule has 0 aromatic carbocycles. The van der Waals surface area contributed by atoms with Gasteiger partial charge < -0.3 is 10.0 Å². The molecule has 0 fully saturated rings. The number of nitrogens with zero attached hydrogens (tertiary/aromatic N) is 2. The third-order valence-electron chi connectivity index (χ3n) is 2.19. The summed E-state index contributed by atoms with van der Waals surface area (Å²) < 4.78 is 0.670. The van der Waals surface area contributed by atoms with E-state index in [0.717, 1.165) is 0 Å². The van der Waals surface area contributed by atoms with Gasteiger partial charge in [-0.25, -0.2) is 4.98 Å². The van der Waals surface area contributed by atoms with E-state index in [1.165, 1.54) is 0 Å². The van der Waals surface area contributed by atoms with E-state index in [0.29, 0.717) is 16.7 Å². The summed E-state index contributed by atoms with van der Waals surface area (Å²) in [6.45, 7) is 4.09. The van der Waals surface area contributed by atoms with Crippen molar-refractivity contribution in [1.29, 1.82) is 0 Å². The van der Waals surface area contributed by atoms with E-state index in [1.54, 1.807) is 23.2 Å². The average molecular weight is 287 g/mol. The summed E-state index contributed by atoms with van der Waals surface area (Å²) in [6, 6.07) is 3.57. The van der Waals surface area contributed by atoms with Gasteiger partial charge >= 0.3 is 0 Å². The Balaban J connectivity index is 2.95. The van der Waals surface area contributed by atoms with Crippen LogP contribution in [0.4, 0.5) is 0 Å². The van der Waals surface area contributed by atoms with Crippen molar-refractivity contribution in [3.63, 3.8) is 0 Å². The summed E-state index contributed by atoms with van der Waals surface area (Å²) in [5.74, 6) is -0.170. The van der Waals surface area contributed by atoms with Gasteiger partial charge in [-0.15, -0.1) is 0 Å². The van der Waals surface area contributed by atoms with Crippen molar-refractivity contribution >= 4 is 21.8 Å². The van der Waals surface area contributed by atoms with E-state index in [1.807, 2.05) is 13.8 Å². The molecule has 0 spiro atoms. The zero-order valence-electron chi connectivity index (χ0n) is 9.35. The van der Waals surface area contributed by atoms with Gasteiger partial charge in [0.15, 0.2) is 0 Å². The lowest BCUT2D eigenvalue weighted by Gasteiger charge is -2.25.